The third-order valence-corrected chi connectivity index (χ3v) is 4.28. The number of hydrogen-bond acceptors (Lipinski definition) is 2. The Morgan fingerprint density at radius 1 is 1.05 bits per heavy atom. The fourth-order valence-corrected chi connectivity index (χ4v) is 3.23. The second kappa shape index (κ2) is 6.06. The van der Waals surface area contributed by atoms with Gasteiger partial charge in [-0.2, -0.15) is 0 Å². The van der Waals surface area contributed by atoms with E-state index in [1.165, 1.54) is 36.0 Å². The molecule has 2 heteroatoms. The Morgan fingerprint density at radius 3 is 2.11 bits per heavy atom. The van der Waals surface area contributed by atoms with Crippen molar-refractivity contribution < 1.29 is 0 Å². The monoisotopic (exact) mass is 260 g/mol. The molecule has 1 aliphatic heterocycles. The average Bonchev–Trinajstić information content (AvgIpc) is 2.32. The first-order valence-corrected chi connectivity index (χ1v) is 7.60. The molecular formula is C17H28N2. The normalized spacial score (nSPS) is 26.4. The van der Waals surface area contributed by atoms with E-state index in [1.54, 1.807) is 0 Å². The van der Waals surface area contributed by atoms with Gasteiger partial charge in [-0.1, -0.05) is 35.7 Å². The van der Waals surface area contributed by atoms with Crippen LogP contribution < -0.4 is 5.43 Å². The highest BCUT2D eigenvalue weighted by Gasteiger charge is 2.25. The molecule has 1 N–H and O–H groups in total. The topological polar surface area (TPSA) is 15.3 Å². The SMILES string of the molecule is Cc1cc(C)cc(C(C)NN2C(C)CCCC2C)c1. The predicted molar refractivity (Wildman–Crippen MR) is 82.1 cm³/mol. The highest BCUT2D eigenvalue weighted by molar-refractivity contribution is 5.30. The number of benzene rings is 1. The minimum absolute atomic E-state index is 0.376. The zero-order valence-corrected chi connectivity index (χ0v) is 13.0. The van der Waals surface area contributed by atoms with Crippen molar-refractivity contribution in [3.63, 3.8) is 0 Å². The third-order valence-electron chi connectivity index (χ3n) is 4.28. The van der Waals surface area contributed by atoms with Crippen molar-refractivity contribution in [2.75, 3.05) is 0 Å². The first kappa shape index (κ1) is 14.5. The standard InChI is InChI=1S/C17H28N2/c1-12-9-13(2)11-17(10-12)16(5)18-19-14(3)7-6-8-15(19)4/h9-11,14-16,18H,6-8H2,1-5H3. The molecule has 1 fully saturated rings. The summed E-state index contributed by atoms with van der Waals surface area (Å²) in [6.07, 6.45) is 3.96. The van der Waals surface area contributed by atoms with Gasteiger partial charge in [0.1, 0.15) is 0 Å². The van der Waals surface area contributed by atoms with Crippen LogP contribution in [0.1, 0.15) is 62.8 Å². The Hall–Kier alpha value is -0.860. The Kier molecular flexibility index (Phi) is 4.64. The largest absolute Gasteiger partial charge is 0.247 e. The van der Waals surface area contributed by atoms with Gasteiger partial charge in [-0.15, -0.1) is 0 Å². The molecule has 0 bridgehead atoms. The summed E-state index contributed by atoms with van der Waals surface area (Å²) in [6.45, 7) is 11.3. The Morgan fingerprint density at radius 2 is 1.58 bits per heavy atom. The first-order valence-electron chi connectivity index (χ1n) is 7.60. The van der Waals surface area contributed by atoms with E-state index < -0.39 is 0 Å². The van der Waals surface area contributed by atoms with Crippen LogP contribution in [-0.4, -0.2) is 17.1 Å². The minimum Gasteiger partial charge on any atom is -0.247 e. The maximum absolute atomic E-state index is 3.72. The van der Waals surface area contributed by atoms with E-state index in [0.29, 0.717) is 18.1 Å². The van der Waals surface area contributed by atoms with Crippen molar-refractivity contribution in [1.29, 1.82) is 0 Å². The van der Waals surface area contributed by atoms with Crippen molar-refractivity contribution in [3.05, 3.63) is 34.9 Å². The van der Waals surface area contributed by atoms with E-state index in [1.807, 2.05) is 0 Å². The molecule has 1 heterocycles. The van der Waals surface area contributed by atoms with E-state index in [9.17, 15) is 0 Å². The highest BCUT2D eigenvalue weighted by Crippen LogP contribution is 2.24. The molecule has 0 aliphatic carbocycles. The number of nitrogens with zero attached hydrogens (tertiary/aromatic N) is 1. The van der Waals surface area contributed by atoms with Crippen LogP contribution in [0.15, 0.2) is 18.2 Å². The van der Waals surface area contributed by atoms with Crippen LogP contribution >= 0.6 is 0 Å². The van der Waals surface area contributed by atoms with Gasteiger partial charge in [0.05, 0.1) is 0 Å². The summed E-state index contributed by atoms with van der Waals surface area (Å²) in [4.78, 5) is 0. The summed E-state index contributed by atoms with van der Waals surface area (Å²) in [7, 11) is 0. The van der Waals surface area contributed by atoms with Gasteiger partial charge in [0, 0.05) is 18.1 Å². The number of hydrogen-bond donors (Lipinski definition) is 1. The molecule has 0 aromatic heterocycles. The van der Waals surface area contributed by atoms with E-state index in [0.717, 1.165) is 0 Å². The van der Waals surface area contributed by atoms with Crippen LogP contribution in [0.4, 0.5) is 0 Å². The van der Waals surface area contributed by atoms with Crippen LogP contribution in [-0.2, 0) is 0 Å². The Balaban J connectivity index is 2.09. The highest BCUT2D eigenvalue weighted by atomic mass is 15.5. The number of hydrazine groups is 1. The van der Waals surface area contributed by atoms with E-state index in [4.69, 9.17) is 0 Å². The molecule has 3 unspecified atom stereocenters. The lowest BCUT2D eigenvalue weighted by atomic mass is 9.99. The van der Waals surface area contributed by atoms with Crippen LogP contribution in [0.25, 0.3) is 0 Å². The lowest BCUT2D eigenvalue weighted by molar-refractivity contribution is 0.0320. The molecule has 0 amide bonds. The second-order valence-corrected chi connectivity index (χ2v) is 6.31. The van der Waals surface area contributed by atoms with Crippen LogP contribution in [0.2, 0.25) is 0 Å². The van der Waals surface area contributed by atoms with Crippen molar-refractivity contribution in [3.8, 4) is 0 Å². The Labute approximate surface area is 118 Å². The summed E-state index contributed by atoms with van der Waals surface area (Å²) in [6, 6.07) is 8.48. The molecule has 0 radical (unpaired) electrons. The lowest BCUT2D eigenvalue weighted by Crippen LogP contribution is -2.52. The van der Waals surface area contributed by atoms with Crippen LogP contribution in [0.5, 0.6) is 0 Å². The first-order chi connectivity index (χ1) is 8.97. The van der Waals surface area contributed by atoms with Crippen LogP contribution in [0.3, 0.4) is 0 Å². The van der Waals surface area contributed by atoms with Crippen LogP contribution in [0, 0.1) is 13.8 Å². The number of aryl methyl sites for hydroxylation is 2. The maximum Gasteiger partial charge on any atom is 0.0436 e. The summed E-state index contributed by atoms with van der Waals surface area (Å²) < 4.78 is 0. The average molecular weight is 260 g/mol. The van der Waals surface area contributed by atoms with Gasteiger partial charge < -0.3 is 0 Å². The quantitative estimate of drug-likeness (QED) is 0.879. The molecule has 1 aliphatic rings. The summed E-state index contributed by atoms with van der Waals surface area (Å²) in [5.41, 5.74) is 7.81. The third kappa shape index (κ3) is 3.58. The van der Waals surface area contributed by atoms with Gasteiger partial charge >= 0.3 is 0 Å². The van der Waals surface area contributed by atoms with Gasteiger partial charge in [-0.3, -0.25) is 0 Å². The minimum atomic E-state index is 0.376. The number of rotatable bonds is 3. The maximum atomic E-state index is 3.72. The van der Waals surface area contributed by atoms with E-state index in [-0.39, 0.29) is 0 Å². The fraction of sp³-hybridized carbons (Fsp3) is 0.647. The van der Waals surface area contributed by atoms with E-state index in [2.05, 4.69) is 63.3 Å². The molecule has 1 aromatic rings. The van der Waals surface area contributed by atoms with Gasteiger partial charge in [-0.05, 0) is 53.0 Å². The summed E-state index contributed by atoms with van der Waals surface area (Å²) in [5.74, 6) is 0. The molecule has 3 atom stereocenters. The predicted octanol–water partition coefficient (Wildman–Crippen LogP) is 4.13. The second-order valence-electron chi connectivity index (χ2n) is 6.31. The molecule has 0 saturated carbocycles. The van der Waals surface area contributed by atoms with E-state index >= 15 is 0 Å². The molecule has 106 valence electrons. The van der Waals surface area contributed by atoms with Gasteiger partial charge in [0.25, 0.3) is 0 Å². The molecule has 0 spiro atoms. The zero-order valence-electron chi connectivity index (χ0n) is 13.0. The molecule has 1 aromatic carbocycles. The molecule has 2 rings (SSSR count). The molecule has 1 saturated heterocycles. The number of piperidine rings is 1. The summed E-state index contributed by atoms with van der Waals surface area (Å²) >= 11 is 0. The molecule has 19 heavy (non-hydrogen) atoms. The van der Waals surface area contributed by atoms with Crippen molar-refractivity contribution in [1.82, 2.24) is 10.4 Å². The fourth-order valence-electron chi connectivity index (χ4n) is 3.23. The lowest BCUT2D eigenvalue weighted by Gasteiger charge is -2.41. The van der Waals surface area contributed by atoms with Gasteiger partial charge in [0.2, 0.25) is 0 Å². The molecular weight excluding hydrogens is 232 g/mol. The van der Waals surface area contributed by atoms with Gasteiger partial charge in [-0.25, -0.2) is 10.4 Å². The Bertz CT molecular complexity index is 397. The van der Waals surface area contributed by atoms with Gasteiger partial charge in [0.15, 0.2) is 0 Å². The molecule has 2 nitrogen and oxygen atoms in total. The van der Waals surface area contributed by atoms with Crippen molar-refractivity contribution in [2.24, 2.45) is 0 Å². The van der Waals surface area contributed by atoms with Crippen molar-refractivity contribution >= 4 is 0 Å². The summed E-state index contributed by atoms with van der Waals surface area (Å²) in [5, 5.41) is 2.46. The smallest absolute Gasteiger partial charge is 0.0436 e. The van der Waals surface area contributed by atoms with Crippen molar-refractivity contribution in [2.45, 2.75) is 72.0 Å². The zero-order chi connectivity index (χ0) is 14.0. The number of nitrogens with one attached hydrogen (secondary N) is 1.